The first-order chi connectivity index (χ1) is 8.50. The Kier molecular flexibility index (Phi) is 6.19. The number of aryl methyl sites for hydroxylation is 2. The van der Waals surface area contributed by atoms with Crippen LogP contribution in [-0.4, -0.2) is 23.0 Å². The summed E-state index contributed by atoms with van der Waals surface area (Å²) in [5.74, 6) is 1.06. The molecule has 1 rings (SSSR count). The second-order valence-corrected chi connectivity index (χ2v) is 6.23. The summed E-state index contributed by atoms with van der Waals surface area (Å²) in [7, 11) is 0. The number of aliphatic hydroxyl groups excluding tert-OH is 1. The lowest BCUT2D eigenvalue weighted by atomic mass is 9.93. The van der Waals surface area contributed by atoms with Gasteiger partial charge in [0.1, 0.15) is 0 Å². The van der Waals surface area contributed by atoms with Gasteiger partial charge in [-0.1, -0.05) is 24.6 Å². The van der Waals surface area contributed by atoms with Gasteiger partial charge >= 0.3 is 0 Å². The maximum atomic E-state index is 9.24. The smallest absolute Gasteiger partial charge is 0.0611 e. The van der Waals surface area contributed by atoms with Gasteiger partial charge in [-0.3, -0.25) is 0 Å². The second kappa shape index (κ2) is 7.17. The largest absolute Gasteiger partial charge is 0.394 e. The molecular weight excluding hydrogens is 242 g/mol. The molecule has 0 spiro atoms. The molecule has 1 unspecified atom stereocenters. The highest BCUT2D eigenvalue weighted by Crippen LogP contribution is 2.25. The van der Waals surface area contributed by atoms with Crippen molar-refractivity contribution in [2.45, 2.75) is 50.5 Å². The number of hydrogen-bond donors (Lipinski definition) is 2. The summed E-state index contributed by atoms with van der Waals surface area (Å²) in [6, 6.07) is 6.56. The van der Waals surface area contributed by atoms with Gasteiger partial charge in [-0.2, -0.15) is 0 Å². The van der Waals surface area contributed by atoms with Gasteiger partial charge in [0.25, 0.3) is 0 Å². The minimum atomic E-state index is -0.386. The summed E-state index contributed by atoms with van der Waals surface area (Å²) >= 11 is 1.88. The highest BCUT2D eigenvalue weighted by molar-refractivity contribution is 7.99. The Morgan fingerprint density at radius 3 is 2.61 bits per heavy atom. The molecule has 0 heterocycles. The van der Waals surface area contributed by atoms with Gasteiger partial charge in [-0.05, 0) is 50.5 Å². The van der Waals surface area contributed by atoms with Crippen molar-refractivity contribution in [3.8, 4) is 0 Å². The Bertz CT molecular complexity index is 375. The zero-order valence-electron chi connectivity index (χ0n) is 11.7. The molecule has 0 radical (unpaired) electrons. The first-order valence-corrected chi connectivity index (χ1v) is 7.59. The molecule has 0 saturated carbocycles. The standard InChI is InChI=1S/C15H25NOS/c1-4-15(16,11-17)8-5-9-18-14-7-6-12(2)10-13(14)3/h6-7,10,17H,4-5,8-9,11,16H2,1-3H3. The topological polar surface area (TPSA) is 46.2 Å². The number of aliphatic hydroxyl groups is 1. The molecule has 0 aliphatic rings. The molecule has 0 aliphatic heterocycles. The Morgan fingerprint density at radius 2 is 2.06 bits per heavy atom. The molecular formula is C15H25NOS. The van der Waals surface area contributed by atoms with E-state index in [0.717, 1.165) is 25.0 Å². The average molecular weight is 267 g/mol. The lowest BCUT2D eigenvalue weighted by molar-refractivity contribution is 0.182. The highest BCUT2D eigenvalue weighted by Gasteiger charge is 2.20. The summed E-state index contributed by atoms with van der Waals surface area (Å²) in [5.41, 5.74) is 8.33. The predicted octanol–water partition coefficient (Wildman–Crippen LogP) is 3.28. The molecule has 0 saturated heterocycles. The van der Waals surface area contributed by atoms with Gasteiger partial charge in [-0.25, -0.2) is 0 Å². The highest BCUT2D eigenvalue weighted by atomic mass is 32.2. The van der Waals surface area contributed by atoms with Crippen molar-refractivity contribution in [1.82, 2.24) is 0 Å². The fourth-order valence-electron chi connectivity index (χ4n) is 1.94. The van der Waals surface area contributed by atoms with Gasteiger partial charge in [0, 0.05) is 10.4 Å². The lowest BCUT2D eigenvalue weighted by Gasteiger charge is -2.25. The fourth-order valence-corrected chi connectivity index (χ4v) is 2.89. The van der Waals surface area contributed by atoms with Gasteiger partial charge in [-0.15, -0.1) is 11.8 Å². The zero-order chi connectivity index (χ0) is 13.6. The second-order valence-electron chi connectivity index (χ2n) is 5.10. The molecule has 18 heavy (non-hydrogen) atoms. The van der Waals surface area contributed by atoms with E-state index < -0.39 is 0 Å². The van der Waals surface area contributed by atoms with Crippen LogP contribution in [-0.2, 0) is 0 Å². The van der Waals surface area contributed by atoms with Crippen LogP contribution in [0.25, 0.3) is 0 Å². The van der Waals surface area contributed by atoms with Crippen LogP contribution in [0, 0.1) is 13.8 Å². The maximum absolute atomic E-state index is 9.24. The van der Waals surface area contributed by atoms with Gasteiger partial charge < -0.3 is 10.8 Å². The van der Waals surface area contributed by atoms with Crippen molar-refractivity contribution in [1.29, 1.82) is 0 Å². The third-order valence-electron chi connectivity index (χ3n) is 3.43. The Balaban J connectivity index is 2.38. The van der Waals surface area contributed by atoms with Gasteiger partial charge in [0.05, 0.1) is 6.61 Å². The molecule has 0 amide bonds. The third-order valence-corrected chi connectivity index (χ3v) is 4.69. The molecule has 1 atom stereocenters. The van der Waals surface area contributed by atoms with Crippen molar-refractivity contribution in [3.05, 3.63) is 29.3 Å². The van der Waals surface area contributed by atoms with E-state index in [2.05, 4.69) is 32.0 Å². The van der Waals surface area contributed by atoms with Gasteiger partial charge in [0.15, 0.2) is 0 Å². The summed E-state index contributed by atoms with van der Waals surface area (Å²) in [5, 5.41) is 9.24. The molecule has 1 aromatic rings. The van der Waals surface area contributed by atoms with E-state index in [1.54, 1.807) is 0 Å². The quantitative estimate of drug-likeness (QED) is 0.589. The number of benzene rings is 1. The minimum absolute atomic E-state index is 0.0811. The molecule has 3 N–H and O–H groups in total. The molecule has 102 valence electrons. The summed E-state index contributed by atoms with van der Waals surface area (Å²) < 4.78 is 0. The van der Waals surface area contributed by atoms with E-state index in [9.17, 15) is 5.11 Å². The first-order valence-electron chi connectivity index (χ1n) is 6.60. The Hall–Kier alpha value is -0.510. The van der Waals surface area contributed by atoms with E-state index >= 15 is 0 Å². The predicted molar refractivity (Wildman–Crippen MR) is 80.2 cm³/mol. The molecule has 1 aromatic carbocycles. The molecule has 3 heteroatoms. The zero-order valence-corrected chi connectivity index (χ0v) is 12.5. The number of thioether (sulfide) groups is 1. The van der Waals surface area contributed by atoms with Crippen molar-refractivity contribution in [2.24, 2.45) is 5.73 Å². The fraction of sp³-hybridized carbons (Fsp3) is 0.600. The monoisotopic (exact) mass is 267 g/mol. The van der Waals surface area contributed by atoms with E-state index in [-0.39, 0.29) is 12.1 Å². The number of hydrogen-bond acceptors (Lipinski definition) is 3. The SMILES string of the molecule is CCC(N)(CO)CCCSc1ccc(C)cc1C. The van der Waals surface area contributed by atoms with E-state index in [1.165, 1.54) is 16.0 Å². The van der Waals surface area contributed by atoms with Crippen LogP contribution in [0.3, 0.4) is 0 Å². The maximum Gasteiger partial charge on any atom is 0.0611 e. The van der Waals surface area contributed by atoms with E-state index in [4.69, 9.17) is 5.73 Å². The van der Waals surface area contributed by atoms with Crippen molar-refractivity contribution in [2.75, 3.05) is 12.4 Å². The van der Waals surface area contributed by atoms with Crippen LogP contribution < -0.4 is 5.73 Å². The van der Waals surface area contributed by atoms with Crippen molar-refractivity contribution >= 4 is 11.8 Å². The Morgan fingerprint density at radius 1 is 1.33 bits per heavy atom. The first kappa shape index (κ1) is 15.5. The third kappa shape index (κ3) is 4.63. The van der Waals surface area contributed by atoms with Crippen LogP contribution in [0.15, 0.2) is 23.1 Å². The normalized spacial score (nSPS) is 14.5. The van der Waals surface area contributed by atoms with E-state index in [1.807, 2.05) is 18.7 Å². The van der Waals surface area contributed by atoms with Crippen LogP contribution in [0.1, 0.15) is 37.3 Å². The number of nitrogens with two attached hydrogens (primary N) is 1. The van der Waals surface area contributed by atoms with Crippen molar-refractivity contribution in [3.63, 3.8) is 0 Å². The number of rotatable bonds is 7. The lowest BCUT2D eigenvalue weighted by Crippen LogP contribution is -2.42. The van der Waals surface area contributed by atoms with Gasteiger partial charge in [0.2, 0.25) is 0 Å². The van der Waals surface area contributed by atoms with Crippen LogP contribution in [0.2, 0.25) is 0 Å². The summed E-state index contributed by atoms with van der Waals surface area (Å²) in [4.78, 5) is 1.35. The van der Waals surface area contributed by atoms with E-state index in [0.29, 0.717) is 0 Å². The minimum Gasteiger partial charge on any atom is -0.394 e. The summed E-state index contributed by atoms with van der Waals surface area (Å²) in [6.07, 6.45) is 2.76. The van der Waals surface area contributed by atoms with Crippen LogP contribution in [0.5, 0.6) is 0 Å². The molecule has 0 aromatic heterocycles. The summed E-state index contributed by atoms with van der Waals surface area (Å²) in [6.45, 7) is 6.39. The Labute approximate surface area is 115 Å². The molecule has 0 bridgehead atoms. The molecule has 0 aliphatic carbocycles. The van der Waals surface area contributed by atoms with Crippen LogP contribution >= 0.6 is 11.8 Å². The molecule has 2 nitrogen and oxygen atoms in total. The average Bonchev–Trinajstić information content (AvgIpc) is 2.36. The van der Waals surface area contributed by atoms with Crippen molar-refractivity contribution < 1.29 is 5.11 Å². The molecule has 0 fully saturated rings. The van der Waals surface area contributed by atoms with Crippen LogP contribution in [0.4, 0.5) is 0 Å².